The van der Waals surface area contributed by atoms with Gasteiger partial charge in [-0.25, -0.2) is 4.98 Å². The number of para-hydroxylation sites is 1. The Kier molecular flexibility index (Phi) is 3.05. The van der Waals surface area contributed by atoms with Crippen LogP contribution in [-0.2, 0) is 6.54 Å². The van der Waals surface area contributed by atoms with Gasteiger partial charge in [-0.15, -0.1) is 0 Å². The molecule has 0 radical (unpaired) electrons. The standard InChI is InChI=1S/C18H14N4O/c19-18-21-15-9-12(11-23)6-7-16(15)22(18)10-14-4-1-3-13-5-2-8-20-17(13)14/h1-9,11H,10H2,(H2,19,21). The molecule has 2 heterocycles. The second-order valence-corrected chi connectivity index (χ2v) is 5.41. The Labute approximate surface area is 132 Å². The minimum Gasteiger partial charge on any atom is -0.369 e. The first-order chi connectivity index (χ1) is 11.3. The summed E-state index contributed by atoms with van der Waals surface area (Å²) in [4.78, 5) is 19.7. The number of hydrogen-bond donors (Lipinski definition) is 1. The molecule has 5 nitrogen and oxygen atoms in total. The molecule has 0 saturated carbocycles. The van der Waals surface area contributed by atoms with Crippen molar-refractivity contribution in [2.24, 2.45) is 0 Å². The minimum atomic E-state index is 0.427. The molecule has 0 bridgehead atoms. The molecular formula is C18H14N4O. The van der Waals surface area contributed by atoms with Gasteiger partial charge < -0.3 is 10.3 Å². The summed E-state index contributed by atoms with van der Waals surface area (Å²) in [6.07, 6.45) is 2.60. The van der Waals surface area contributed by atoms with Gasteiger partial charge >= 0.3 is 0 Å². The second-order valence-electron chi connectivity index (χ2n) is 5.41. The van der Waals surface area contributed by atoms with Gasteiger partial charge in [0.15, 0.2) is 0 Å². The van der Waals surface area contributed by atoms with Crippen LogP contribution in [0.1, 0.15) is 15.9 Å². The van der Waals surface area contributed by atoms with Gasteiger partial charge in [0.25, 0.3) is 0 Å². The topological polar surface area (TPSA) is 73.8 Å². The fourth-order valence-corrected chi connectivity index (χ4v) is 2.87. The van der Waals surface area contributed by atoms with E-state index in [1.165, 1.54) is 0 Å². The van der Waals surface area contributed by atoms with Crippen LogP contribution in [-0.4, -0.2) is 20.8 Å². The maximum Gasteiger partial charge on any atom is 0.201 e. The number of carbonyl (C=O) groups excluding carboxylic acids is 1. The SMILES string of the molecule is Nc1nc2cc(C=O)ccc2n1Cc1cccc2cccnc12. The molecule has 0 spiro atoms. The first-order valence-electron chi connectivity index (χ1n) is 7.30. The molecule has 0 saturated heterocycles. The van der Waals surface area contributed by atoms with Crippen molar-refractivity contribution >= 4 is 34.2 Å². The highest BCUT2D eigenvalue weighted by Gasteiger charge is 2.11. The molecular weight excluding hydrogens is 288 g/mol. The molecule has 0 atom stereocenters. The summed E-state index contributed by atoms with van der Waals surface area (Å²) in [7, 11) is 0. The zero-order chi connectivity index (χ0) is 15.8. The molecule has 0 aliphatic carbocycles. The van der Waals surface area contributed by atoms with Crippen LogP contribution in [0.4, 0.5) is 5.95 Å². The van der Waals surface area contributed by atoms with Crippen molar-refractivity contribution in [3.05, 3.63) is 65.9 Å². The van der Waals surface area contributed by atoms with E-state index in [1.807, 2.05) is 41.0 Å². The number of nitrogens with zero attached hydrogens (tertiary/aromatic N) is 3. The largest absolute Gasteiger partial charge is 0.369 e. The summed E-state index contributed by atoms with van der Waals surface area (Å²) < 4.78 is 1.94. The summed E-state index contributed by atoms with van der Waals surface area (Å²) in [6.45, 7) is 0.580. The Morgan fingerprint density at radius 3 is 2.87 bits per heavy atom. The lowest BCUT2D eigenvalue weighted by atomic mass is 10.1. The van der Waals surface area contributed by atoms with Gasteiger partial charge in [-0.3, -0.25) is 9.78 Å². The minimum absolute atomic E-state index is 0.427. The highest BCUT2D eigenvalue weighted by atomic mass is 16.1. The van der Waals surface area contributed by atoms with Gasteiger partial charge in [0.1, 0.15) is 6.29 Å². The second kappa shape index (κ2) is 5.21. The van der Waals surface area contributed by atoms with E-state index >= 15 is 0 Å². The van der Waals surface area contributed by atoms with Crippen LogP contribution in [0.5, 0.6) is 0 Å². The molecule has 0 amide bonds. The maximum absolute atomic E-state index is 10.9. The average molecular weight is 302 g/mol. The van der Waals surface area contributed by atoms with Gasteiger partial charge in [-0.05, 0) is 29.8 Å². The van der Waals surface area contributed by atoms with Crippen molar-refractivity contribution in [3.8, 4) is 0 Å². The molecule has 0 aliphatic heterocycles. The number of nitrogens with two attached hydrogens (primary N) is 1. The third-order valence-corrected chi connectivity index (χ3v) is 3.98. The fourth-order valence-electron chi connectivity index (χ4n) is 2.87. The maximum atomic E-state index is 10.9. The zero-order valence-electron chi connectivity index (χ0n) is 12.3. The lowest BCUT2D eigenvalue weighted by Crippen LogP contribution is -2.05. The number of hydrogen-bond acceptors (Lipinski definition) is 4. The van der Waals surface area contributed by atoms with Crippen LogP contribution in [0.3, 0.4) is 0 Å². The smallest absolute Gasteiger partial charge is 0.201 e. The Morgan fingerprint density at radius 2 is 2.00 bits per heavy atom. The van der Waals surface area contributed by atoms with E-state index in [-0.39, 0.29) is 0 Å². The predicted molar refractivity (Wildman–Crippen MR) is 90.4 cm³/mol. The summed E-state index contributed by atoms with van der Waals surface area (Å²) in [5, 5.41) is 1.09. The Morgan fingerprint density at radius 1 is 1.13 bits per heavy atom. The van der Waals surface area contributed by atoms with Crippen LogP contribution < -0.4 is 5.73 Å². The molecule has 112 valence electrons. The molecule has 2 aromatic heterocycles. The number of fused-ring (bicyclic) bond motifs is 2. The number of aromatic nitrogens is 3. The van der Waals surface area contributed by atoms with Crippen LogP contribution in [0.15, 0.2) is 54.7 Å². The van der Waals surface area contributed by atoms with Crippen LogP contribution in [0, 0.1) is 0 Å². The van der Waals surface area contributed by atoms with Crippen molar-refractivity contribution < 1.29 is 4.79 Å². The van der Waals surface area contributed by atoms with Gasteiger partial charge in [-0.2, -0.15) is 0 Å². The normalized spacial score (nSPS) is 11.1. The highest BCUT2D eigenvalue weighted by molar-refractivity contribution is 5.87. The van der Waals surface area contributed by atoms with Gasteiger partial charge in [-0.1, -0.05) is 24.3 Å². The van der Waals surface area contributed by atoms with Crippen LogP contribution >= 0.6 is 0 Å². The number of anilines is 1. The van der Waals surface area contributed by atoms with E-state index in [0.717, 1.165) is 33.8 Å². The van der Waals surface area contributed by atoms with E-state index in [4.69, 9.17) is 5.73 Å². The van der Waals surface area contributed by atoms with E-state index < -0.39 is 0 Å². The fraction of sp³-hybridized carbons (Fsp3) is 0.0556. The van der Waals surface area contributed by atoms with E-state index in [1.54, 1.807) is 18.3 Å². The van der Waals surface area contributed by atoms with Gasteiger partial charge in [0, 0.05) is 17.1 Å². The number of pyridine rings is 1. The zero-order valence-corrected chi connectivity index (χ0v) is 12.3. The first kappa shape index (κ1) is 13.5. The molecule has 2 aromatic carbocycles. The van der Waals surface area contributed by atoms with E-state index in [0.29, 0.717) is 18.1 Å². The van der Waals surface area contributed by atoms with Crippen molar-refractivity contribution in [3.63, 3.8) is 0 Å². The quantitative estimate of drug-likeness (QED) is 0.590. The number of nitrogen functional groups attached to an aromatic ring is 1. The van der Waals surface area contributed by atoms with Crippen molar-refractivity contribution in [1.29, 1.82) is 0 Å². The van der Waals surface area contributed by atoms with Gasteiger partial charge in [0.2, 0.25) is 5.95 Å². The van der Waals surface area contributed by atoms with E-state index in [2.05, 4.69) is 9.97 Å². The monoisotopic (exact) mass is 302 g/mol. The molecule has 0 fully saturated rings. The average Bonchev–Trinajstić information content (AvgIpc) is 2.90. The van der Waals surface area contributed by atoms with Crippen LogP contribution in [0.2, 0.25) is 0 Å². The van der Waals surface area contributed by atoms with Gasteiger partial charge in [0.05, 0.1) is 23.1 Å². The van der Waals surface area contributed by atoms with E-state index in [9.17, 15) is 4.79 Å². The van der Waals surface area contributed by atoms with Crippen molar-refractivity contribution in [1.82, 2.24) is 14.5 Å². The summed E-state index contributed by atoms with van der Waals surface area (Å²) in [5.74, 6) is 0.427. The number of benzene rings is 2. The molecule has 23 heavy (non-hydrogen) atoms. The molecule has 4 aromatic rings. The number of aldehydes is 1. The number of imidazole rings is 1. The number of rotatable bonds is 3. The Bertz CT molecular complexity index is 1030. The Hall–Kier alpha value is -3.21. The lowest BCUT2D eigenvalue weighted by molar-refractivity contribution is 0.112. The summed E-state index contributed by atoms with van der Waals surface area (Å²) in [6, 6.07) is 15.5. The molecule has 2 N–H and O–H groups in total. The third-order valence-electron chi connectivity index (χ3n) is 3.98. The Balaban J connectivity index is 1.86. The molecule has 5 heteroatoms. The van der Waals surface area contributed by atoms with Crippen molar-refractivity contribution in [2.45, 2.75) is 6.54 Å². The van der Waals surface area contributed by atoms with Crippen molar-refractivity contribution in [2.75, 3.05) is 5.73 Å². The first-order valence-corrected chi connectivity index (χ1v) is 7.30. The van der Waals surface area contributed by atoms with Crippen LogP contribution in [0.25, 0.3) is 21.9 Å². The molecule has 0 unspecified atom stereocenters. The molecule has 4 rings (SSSR count). The predicted octanol–water partition coefficient (Wildman–Crippen LogP) is 3.03. The lowest BCUT2D eigenvalue weighted by Gasteiger charge is -2.09. The highest BCUT2D eigenvalue weighted by Crippen LogP contribution is 2.23. The third kappa shape index (κ3) is 2.23. The molecule has 0 aliphatic rings. The number of carbonyl (C=O) groups is 1. The summed E-state index contributed by atoms with van der Waals surface area (Å²) >= 11 is 0. The summed E-state index contributed by atoms with van der Waals surface area (Å²) in [5.41, 5.74) is 10.3.